The Morgan fingerprint density at radius 1 is 0.944 bits per heavy atom. The number of hydrogen-bond donors (Lipinski definition) is 1. The van der Waals surface area contributed by atoms with Crippen LogP contribution >= 0.6 is 0 Å². The molecule has 0 aromatic carbocycles. The molecule has 1 nitrogen and oxygen atoms in total. The minimum absolute atomic E-state index is 0.521. The van der Waals surface area contributed by atoms with Gasteiger partial charge in [-0.15, -0.1) is 0 Å². The van der Waals surface area contributed by atoms with Gasteiger partial charge < -0.3 is 5.32 Å². The molecule has 2 aliphatic carbocycles. The molecule has 1 N–H and O–H groups in total. The summed E-state index contributed by atoms with van der Waals surface area (Å²) in [7, 11) is 0. The molecule has 0 aliphatic heterocycles. The summed E-state index contributed by atoms with van der Waals surface area (Å²) < 4.78 is 0. The summed E-state index contributed by atoms with van der Waals surface area (Å²) in [6, 6.07) is 0.755. The molecule has 18 heavy (non-hydrogen) atoms. The molecule has 1 heteroatoms. The van der Waals surface area contributed by atoms with Crippen LogP contribution in [0.3, 0.4) is 0 Å². The summed E-state index contributed by atoms with van der Waals surface area (Å²) in [6.45, 7) is 11.0. The van der Waals surface area contributed by atoms with Crippen LogP contribution in [0.1, 0.15) is 79.1 Å². The highest BCUT2D eigenvalue weighted by Gasteiger charge is 2.38. The van der Waals surface area contributed by atoms with Crippen molar-refractivity contribution in [3.63, 3.8) is 0 Å². The van der Waals surface area contributed by atoms with Crippen LogP contribution < -0.4 is 5.32 Å². The monoisotopic (exact) mass is 251 g/mol. The van der Waals surface area contributed by atoms with Crippen LogP contribution in [-0.2, 0) is 0 Å². The van der Waals surface area contributed by atoms with Crippen LogP contribution in [0.5, 0.6) is 0 Å². The molecule has 0 bridgehead atoms. The maximum Gasteiger partial charge on any atom is 0.00772 e. The van der Waals surface area contributed by atoms with Gasteiger partial charge in [0.05, 0.1) is 0 Å². The number of rotatable bonds is 4. The first-order valence-corrected chi connectivity index (χ1v) is 8.10. The van der Waals surface area contributed by atoms with E-state index in [1.54, 1.807) is 0 Å². The first-order valence-electron chi connectivity index (χ1n) is 8.10. The molecule has 0 spiro atoms. The zero-order valence-corrected chi connectivity index (χ0v) is 13.0. The van der Waals surface area contributed by atoms with E-state index in [0.717, 1.165) is 12.0 Å². The van der Waals surface area contributed by atoms with Crippen molar-refractivity contribution in [1.82, 2.24) is 5.32 Å². The first-order chi connectivity index (χ1) is 8.36. The highest BCUT2D eigenvalue weighted by molar-refractivity contribution is 4.92. The lowest BCUT2D eigenvalue weighted by Gasteiger charge is -2.45. The fraction of sp³-hybridized carbons (Fsp3) is 1.00. The Kier molecular flexibility index (Phi) is 4.41. The van der Waals surface area contributed by atoms with Crippen LogP contribution in [-0.4, -0.2) is 12.6 Å². The van der Waals surface area contributed by atoms with Crippen molar-refractivity contribution in [2.75, 3.05) is 6.54 Å². The van der Waals surface area contributed by atoms with Crippen molar-refractivity contribution in [2.24, 2.45) is 16.7 Å². The van der Waals surface area contributed by atoms with E-state index in [1.807, 2.05) is 0 Å². The number of hydrogen-bond acceptors (Lipinski definition) is 1. The predicted molar refractivity (Wildman–Crippen MR) is 79.8 cm³/mol. The third-order valence-electron chi connectivity index (χ3n) is 5.02. The van der Waals surface area contributed by atoms with E-state index in [0.29, 0.717) is 10.8 Å². The topological polar surface area (TPSA) is 12.0 Å². The fourth-order valence-electron chi connectivity index (χ4n) is 4.78. The van der Waals surface area contributed by atoms with Gasteiger partial charge in [0.25, 0.3) is 0 Å². The summed E-state index contributed by atoms with van der Waals surface area (Å²) in [5, 5.41) is 3.86. The van der Waals surface area contributed by atoms with Crippen molar-refractivity contribution in [3.8, 4) is 0 Å². The van der Waals surface area contributed by atoms with Gasteiger partial charge in [-0.3, -0.25) is 0 Å². The second-order valence-corrected chi connectivity index (χ2v) is 8.50. The summed E-state index contributed by atoms with van der Waals surface area (Å²) in [4.78, 5) is 0. The van der Waals surface area contributed by atoms with Crippen LogP contribution in [0.15, 0.2) is 0 Å². The minimum atomic E-state index is 0.521. The van der Waals surface area contributed by atoms with Crippen LogP contribution in [0, 0.1) is 16.7 Å². The third-order valence-corrected chi connectivity index (χ3v) is 5.02. The van der Waals surface area contributed by atoms with Gasteiger partial charge >= 0.3 is 0 Å². The van der Waals surface area contributed by atoms with Crippen LogP contribution in [0.2, 0.25) is 0 Å². The zero-order valence-electron chi connectivity index (χ0n) is 13.0. The summed E-state index contributed by atoms with van der Waals surface area (Å²) in [5.74, 6) is 1.03. The lowest BCUT2D eigenvalue weighted by Crippen LogP contribution is -2.44. The van der Waals surface area contributed by atoms with Gasteiger partial charge in [-0.1, -0.05) is 53.4 Å². The first kappa shape index (κ1) is 14.4. The lowest BCUT2D eigenvalue weighted by atomic mass is 9.63. The van der Waals surface area contributed by atoms with Crippen molar-refractivity contribution >= 4 is 0 Å². The molecule has 0 unspecified atom stereocenters. The molecule has 2 saturated carbocycles. The average Bonchev–Trinajstić information content (AvgIpc) is 2.65. The predicted octanol–water partition coefficient (Wildman–Crippen LogP) is 4.76. The standard InChI is InChI=1S/C17H33N/c1-16(2)11-15(12-17(3,4)13-16)18-10-9-14-7-5-6-8-14/h14-15,18H,5-13H2,1-4H3. The Balaban J connectivity index is 1.74. The normalized spacial score (nSPS) is 28.7. The van der Waals surface area contributed by atoms with E-state index in [4.69, 9.17) is 0 Å². The van der Waals surface area contributed by atoms with E-state index in [2.05, 4.69) is 33.0 Å². The Hall–Kier alpha value is -0.0400. The quantitative estimate of drug-likeness (QED) is 0.759. The van der Waals surface area contributed by atoms with Crippen molar-refractivity contribution in [2.45, 2.75) is 85.1 Å². The maximum atomic E-state index is 3.86. The lowest BCUT2D eigenvalue weighted by molar-refractivity contribution is 0.0846. The summed E-state index contributed by atoms with van der Waals surface area (Å²) in [6.07, 6.45) is 11.5. The zero-order chi connectivity index (χ0) is 13.2. The average molecular weight is 251 g/mol. The van der Waals surface area contributed by atoms with Crippen molar-refractivity contribution in [1.29, 1.82) is 0 Å². The van der Waals surface area contributed by atoms with Gasteiger partial charge in [0.15, 0.2) is 0 Å². The van der Waals surface area contributed by atoms with E-state index in [-0.39, 0.29) is 0 Å². The largest absolute Gasteiger partial charge is 0.314 e. The molecule has 0 aromatic heterocycles. The molecule has 2 rings (SSSR count). The maximum absolute atomic E-state index is 3.86. The second-order valence-electron chi connectivity index (χ2n) is 8.50. The van der Waals surface area contributed by atoms with E-state index >= 15 is 0 Å². The Bertz CT molecular complexity index is 245. The van der Waals surface area contributed by atoms with Gasteiger partial charge in [-0.25, -0.2) is 0 Å². The molecule has 0 aromatic rings. The van der Waals surface area contributed by atoms with Gasteiger partial charge in [0.2, 0.25) is 0 Å². The highest BCUT2D eigenvalue weighted by atomic mass is 14.9. The Labute approximate surface area is 114 Å². The van der Waals surface area contributed by atoms with Gasteiger partial charge in [-0.2, -0.15) is 0 Å². The smallest absolute Gasteiger partial charge is 0.00772 e. The molecule has 0 atom stereocenters. The SMILES string of the molecule is CC1(C)CC(NCCC2CCCC2)CC(C)(C)C1. The molecule has 0 saturated heterocycles. The minimum Gasteiger partial charge on any atom is -0.314 e. The Morgan fingerprint density at radius 3 is 2.06 bits per heavy atom. The van der Waals surface area contributed by atoms with E-state index in [9.17, 15) is 0 Å². The van der Waals surface area contributed by atoms with Gasteiger partial charge in [0, 0.05) is 6.04 Å². The molecular weight excluding hydrogens is 218 g/mol. The highest BCUT2D eigenvalue weighted by Crippen LogP contribution is 2.45. The second kappa shape index (κ2) is 5.53. The molecular formula is C17H33N. The summed E-state index contributed by atoms with van der Waals surface area (Å²) >= 11 is 0. The molecule has 2 fully saturated rings. The summed E-state index contributed by atoms with van der Waals surface area (Å²) in [5.41, 5.74) is 1.04. The van der Waals surface area contributed by atoms with E-state index < -0.39 is 0 Å². The van der Waals surface area contributed by atoms with Crippen LogP contribution in [0.4, 0.5) is 0 Å². The van der Waals surface area contributed by atoms with E-state index in [1.165, 1.54) is 57.9 Å². The molecule has 106 valence electrons. The Morgan fingerprint density at radius 2 is 1.50 bits per heavy atom. The molecule has 2 aliphatic rings. The van der Waals surface area contributed by atoms with Crippen molar-refractivity contribution in [3.05, 3.63) is 0 Å². The molecule has 0 heterocycles. The molecule has 0 radical (unpaired) electrons. The van der Waals surface area contributed by atoms with Crippen LogP contribution in [0.25, 0.3) is 0 Å². The third kappa shape index (κ3) is 4.26. The van der Waals surface area contributed by atoms with Crippen molar-refractivity contribution < 1.29 is 0 Å². The van der Waals surface area contributed by atoms with Gasteiger partial charge in [-0.05, 0) is 49.0 Å². The molecule has 0 amide bonds. The number of nitrogens with one attached hydrogen (secondary N) is 1. The van der Waals surface area contributed by atoms with Gasteiger partial charge in [0.1, 0.15) is 0 Å². The fourth-order valence-corrected chi connectivity index (χ4v) is 4.78.